The summed E-state index contributed by atoms with van der Waals surface area (Å²) >= 11 is 5.81. The first-order valence-corrected chi connectivity index (χ1v) is 8.07. The van der Waals surface area contributed by atoms with Crippen LogP contribution in [0.5, 0.6) is 0 Å². The number of benzene rings is 1. The van der Waals surface area contributed by atoms with Crippen molar-refractivity contribution in [1.82, 2.24) is 0 Å². The van der Waals surface area contributed by atoms with E-state index in [0.29, 0.717) is 4.83 Å². The Bertz CT molecular complexity index is 499. The molecule has 0 aliphatic heterocycles. The van der Waals surface area contributed by atoms with E-state index in [0.717, 1.165) is 6.42 Å². The predicted molar refractivity (Wildman–Crippen MR) is 84.8 cm³/mol. The van der Waals surface area contributed by atoms with Crippen LogP contribution in [0.3, 0.4) is 0 Å². The molecular formula is C16H19BrS. The molecule has 0 N–H and O–H groups in total. The van der Waals surface area contributed by atoms with Crippen LogP contribution in [-0.2, 0) is 11.8 Å². The fourth-order valence-corrected chi connectivity index (χ4v) is 3.91. The van der Waals surface area contributed by atoms with Crippen molar-refractivity contribution in [2.45, 2.75) is 37.4 Å². The zero-order valence-electron chi connectivity index (χ0n) is 11.1. The predicted octanol–water partition coefficient (Wildman–Crippen LogP) is 5.72. The Labute approximate surface area is 122 Å². The van der Waals surface area contributed by atoms with E-state index >= 15 is 0 Å². The van der Waals surface area contributed by atoms with E-state index in [1.165, 1.54) is 15.3 Å². The van der Waals surface area contributed by atoms with Crippen LogP contribution in [-0.4, -0.2) is 0 Å². The second-order valence-electron chi connectivity index (χ2n) is 5.11. The molecule has 2 rings (SSSR count). The molecule has 18 heavy (non-hydrogen) atoms. The molecule has 0 spiro atoms. The van der Waals surface area contributed by atoms with Crippen molar-refractivity contribution >= 4 is 27.3 Å². The maximum absolute atomic E-state index is 3.90. The maximum atomic E-state index is 3.90. The van der Waals surface area contributed by atoms with Crippen molar-refractivity contribution in [3.8, 4) is 0 Å². The average Bonchev–Trinajstić information content (AvgIpc) is 2.87. The average molecular weight is 323 g/mol. The molecule has 0 saturated carbocycles. The molecule has 2 heteroatoms. The fraction of sp³-hybridized carbons (Fsp3) is 0.375. The van der Waals surface area contributed by atoms with Crippen molar-refractivity contribution in [2.75, 3.05) is 0 Å². The van der Waals surface area contributed by atoms with Crippen LogP contribution in [0.2, 0.25) is 0 Å². The molecular weight excluding hydrogens is 304 g/mol. The van der Waals surface area contributed by atoms with Crippen molar-refractivity contribution < 1.29 is 0 Å². The van der Waals surface area contributed by atoms with Crippen LogP contribution < -0.4 is 0 Å². The molecule has 0 aliphatic carbocycles. The topological polar surface area (TPSA) is 0 Å². The highest BCUT2D eigenvalue weighted by Crippen LogP contribution is 2.45. The lowest BCUT2D eigenvalue weighted by Gasteiger charge is -2.30. The van der Waals surface area contributed by atoms with Crippen molar-refractivity contribution in [3.05, 3.63) is 57.8 Å². The van der Waals surface area contributed by atoms with Gasteiger partial charge in [-0.3, -0.25) is 0 Å². The largest absolute Gasteiger partial charge is 0.144 e. The maximum Gasteiger partial charge on any atom is 0.0580 e. The Morgan fingerprint density at radius 3 is 2.33 bits per heavy atom. The van der Waals surface area contributed by atoms with Gasteiger partial charge in [-0.15, -0.1) is 11.3 Å². The highest BCUT2D eigenvalue weighted by atomic mass is 79.9. The summed E-state index contributed by atoms with van der Waals surface area (Å²) in [5, 5.41) is 0. The van der Waals surface area contributed by atoms with Gasteiger partial charge in [-0.2, -0.15) is 0 Å². The lowest BCUT2D eigenvalue weighted by atomic mass is 9.81. The Hall–Kier alpha value is -0.600. The molecule has 1 heterocycles. The Morgan fingerprint density at radius 2 is 1.78 bits per heavy atom. The van der Waals surface area contributed by atoms with E-state index in [1.807, 2.05) is 11.3 Å². The quantitative estimate of drug-likeness (QED) is 0.631. The summed E-state index contributed by atoms with van der Waals surface area (Å²) in [4.78, 5) is 3.23. The lowest BCUT2D eigenvalue weighted by Crippen LogP contribution is -2.22. The summed E-state index contributed by atoms with van der Waals surface area (Å²) in [5.41, 5.74) is 1.47. The summed E-state index contributed by atoms with van der Waals surface area (Å²) in [6, 6.07) is 15.2. The number of rotatable bonds is 4. The molecule has 0 fully saturated rings. The lowest BCUT2D eigenvalue weighted by molar-refractivity contribution is 0.522. The number of hydrogen-bond acceptors (Lipinski definition) is 1. The van der Waals surface area contributed by atoms with Gasteiger partial charge in [0.2, 0.25) is 0 Å². The second-order valence-corrected chi connectivity index (χ2v) is 7.22. The minimum atomic E-state index is 0.0944. The van der Waals surface area contributed by atoms with E-state index in [4.69, 9.17) is 0 Å². The standard InChI is InChI=1S/C16H19BrS/c1-4-13-10-11-14(18-13)15(17)16(2,3)12-8-6-5-7-9-12/h5-11,15H,4H2,1-3H3. The first kappa shape index (κ1) is 13.8. The highest BCUT2D eigenvalue weighted by Gasteiger charge is 2.31. The third kappa shape index (κ3) is 2.70. The molecule has 0 saturated heterocycles. The van der Waals surface area contributed by atoms with Crippen molar-refractivity contribution in [2.24, 2.45) is 0 Å². The molecule has 0 nitrogen and oxygen atoms in total. The molecule has 0 radical (unpaired) electrons. The van der Waals surface area contributed by atoms with Crippen molar-refractivity contribution in [1.29, 1.82) is 0 Å². The number of hydrogen-bond donors (Lipinski definition) is 0. The van der Waals surface area contributed by atoms with E-state index in [-0.39, 0.29) is 5.41 Å². The van der Waals surface area contributed by atoms with Gasteiger partial charge in [0.15, 0.2) is 0 Å². The molecule has 2 aromatic rings. The summed E-state index contributed by atoms with van der Waals surface area (Å²) in [6.45, 7) is 6.81. The third-order valence-corrected chi connectivity index (χ3v) is 6.67. The normalized spacial score (nSPS) is 13.6. The minimum absolute atomic E-state index is 0.0944. The Kier molecular flexibility index (Phi) is 4.29. The zero-order valence-corrected chi connectivity index (χ0v) is 13.5. The Balaban J connectivity index is 2.29. The minimum Gasteiger partial charge on any atom is -0.144 e. The molecule has 0 amide bonds. The second kappa shape index (κ2) is 5.58. The van der Waals surface area contributed by atoms with E-state index < -0.39 is 0 Å². The molecule has 1 aromatic heterocycles. The van der Waals surface area contributed by atoms with Gasteiger partial charge in [0.25, 0.3) is 0 Å². The van der Waals surface area contributed by atoms with Gasteiger partial charge in [-0.25, -0.2) is 0 Å². The first-order chi connectivity index (χ1) is 8.55. The highest BCUT2D eigenvalue weighted by molar-refractivity contribution is 9.09. The van der Waals surface area contributed by atoms with Crippen molar-refractivity contribution in [3.63, 3.8) is 0 Å². The van der Waals surface area contributed by atoms with Crippen LogP contribution in [0.15, 0.2) is 42.5 Å². The SMILES string of the molecule is CCc1ccc(C(Br)C(C)(C)c2ccccc2)s1. The van der Waals surface area contributed by atoms with Gasteiger partial charge < -0.3 is 0 Å². The first-order valence-electron chi connectivity index (χ1n) is 6.34. The molecule has 96 valence electrons. The van der Waals surface area contributed by atoms with Crippen LogP contribution in [0.25, 0.3) is 0 Å². The molecule has 0 bridgehead atoms. The van der Waals surface area contributed by atoms with Crippen LogP contribution in [0, 0.1) is 0 Å². The number of halogens is 1. The molecule has 1 atom stereocenters. The summed E-state index contributed by atoms with van der Waals surface area (Å²) in [7, 11) is 0. The van der Waals surface area contributed by atoms with Crippen LogP contribution >= 0.6 is 27.3 Å². The van der Waals surface area contributed by atoms with Gasteiger partial charge >= 0.3 is 0 Å². The third-order valence-electron chi connectivity index (χ3n) is 3.43. The van der Waals surface area contributed by atoms with Crippen LogP contribution in [0.4, 0.5) is 0 Å². The number of alkyl halides is 1. The van der Waals surface area contributed by atoms with E-state index in [9.17, 15) is 0 Å². The van der Waals surface area contributed by atoms with Gasteiger partial charge in [0.05, 0.1) is 4.83 Å². The monoisotopic (exact) mass is 322 g/mol. The van der Waals surface area contributed by atoms with Gasteiger partial charge in [-0.05, 0) is 24.1 Å². The summed E-state index contributed by atoms with van der Waals surface area (Å²) in [6.07, 6.45) is 1.12. The molecule has 0 aliphatic rings. The summed E-state index contributed by atoms with van der Waals surface area (Å²) in [5.74, 6) is 0. The number of thiophene rings is 1. The van der Waals surface area contributed by atoms with Gasteiger partial charge in [-0.1, -0.05) is 67.0 Å². The van der Waals surface area contributed by atoms with Crippen LogP contribution in [0.1, 0.15) is 40.9 Å². The van der Waals surface area contributed by atoms with Gasteiger partial charge in [0, 0.05) is 15.2 Å². The number of aryl methyl sites for hydroxylation is 1. The molecule has 1 aromatic carbocycles. The Morgan fingerprint density at radius 1 is 1.11 bits per heavy atom. The molecule has 1 unspecified atom stereocenters. The fourth-order valence-electron chi connectivity index (χ4n) is 2.09. The van der Waals surface area contributed by atoms with E-state index in [2.05, 4.69) is 79.2 Å². The zero-order chi connectivity index (χ0) is 13.2. The van der Waals surface area contributed by atoms with E-state index in [1.54, 1.807) is 0 Å². The van der Waals surface area contributed by atoms with Gasteiger partial charge in [0.1, 0.15) is 0 Å². The smallest absolute Gasteiger partial charge is 0.0580 e. The summed E-state index contributed by atoms with van der Waals surface area (Å²) < 4.78 is 0.